The van der Waals surface area contributed by atoms with Gasteiger partial charge in [-0.15, -0.1) is 0 Å². The molecule has 0 aromatic heterocycles. The highest BCUT2D eigenvalue weighted by Gasteiger charge is 1.93. The molecule has 0 bridgehead atoms. The zero-order valence-corrected chi connectivity index (χ0v) is 16.2. The van der Waals surface area contributed by atoms with Gasteiger partial charge >= 0.3 is 0 Å². The third kappa shape index (κ3) is 29.7. The van der Waals surface area contributed by atoms with E-state index in [0.717, 1.165) is 19.6 Å². The molecule has 0 spiro atoms. The van der Waals surface area contributed by atoms with Gasteiger partial charge in [0.1, 0.15) is 0 Å². The Kier molecular flexibility index (Phi) is 29.9. The van der Waals surface area contributed by atoms with Crippen molar-refractivity contribution in [3.63, 3.8) is 0 Å². The Bertz CT molecular complexity index is 178. The van der Waals surface area contributed by atoms with Crippen LogP contribution in [0.3, 0.4) is 0 Å². The van der Waals surface area contributed by atoms with Crippen LogP contribution in [0.2, 0.25) is 0 Å². The zero-order chi connectivity index (χ0) is 18.1. The Labute approximate surface area is 149 Å². The lowest BCUT2D eigenvalue weighted by Crippen LogP contribution is -2.24. The van der Waals surface area contributed by atoms with Crippen molar-refractivity contribution in [3.05, 3.63) is 0 Å². The summed E-state index contributed by atoms with van der Waals surface area (Å²) in [5, 5.41) is 0. The monoisotopic (exact) mass is 349 g/mol. The van der Waals surface area contributed by atoms with E-state index in [9.17, 15) is 0 Å². The van der Waals surface area contributed by atoms with Crippen molar-refractivity contribution in [1.29, 1.82) is 0 Å². The van der Waals surface area contributed by atoms with Crippen LogP contribution in [0.25, 0.3) is 0 Å². The van der Waals surface area contributed by atoms with Crippen LogP contribution in [0.5, 0.6) is 0 Å². The summed E-state index contributed by atoms with van der Waals surface area (Å²) < 4.78 is 15.7. The average Bonchev–Trinajstić information content (AvgIpc) is 2.61. The summed E-state index contributed by atoms with van der Waals surface area (Å²) in [7, 11) is 1.68. The first-order valence-corrected chi connectivity index (χ1v) is 9.61. The third-order valence-electron chi connectivity index (χ3n) is 3.47. The molecule has 0 aliphatic rings. The number of nitrogens with one attached hydrogen (secondary N) is 1. The van der Waals surface area contributed by atoms with Gasteiger partial charge in [0.2, 0.25) is 0 Å². The molecule has 0 atom stereocenters. The Morgan fingerprint density at radius 2 is 1.25 bits per heavy atom. The van der Waals surface area contributed by atoms with E-state index in [-0.39, 0.29) is 0 Å². The standard InChI is InChI=1S/C15H32O3.C3H11N3/c1-3-4-5-6-7-8-9-10-11-17-14-15-18-13-12-16-2;4-2-1-3-6-5/h3-15H2,1-2H3;6H,1-5H2. The van der Waals surface area contributed by atoms with E-state index >= 15 is 0 Å². The van der Waals surface area contributed by atoms with Gasteiger partial charge in [0, 0.05) is 20.3 Å². The molecule has 0 saturated heterocycles. The summed E-state index contributed by atoms with van der Waals surface area (Å²) in [5.74, 6) is 4.91. The molecule has 6 nitrogen and oxygen atoms in total. The summed E-state index contributed by atoms with van der Waals surface area (Å²) in [4.78, 5) is 0. The minimum Gasteiger partial charge on any atom is -0.382 e. The van der Waals surface area contributed by atoms with Crippen molar-refractivity contribution < 1.29 is 14.2 Å². The molecule has 148 valence electrons. The number of ether oxygens (including phenoxy) is 3. The molecular weight excluding hydrogens is 306 g/mol. The molecule has 0 heterocycles. The fourth-order valence-electron chi connectivity index (χ4n) is 2.01. The van der Waals surface area contributed by atoms with E-state index in [1.54, 1.807) is 7.11 Å². The second-order valence-electron chi connectivity index (χ2n) is 5.79. The summed E-state index contributed by atoms with van der Waals surface area (Å²) >= 11 is 0. The fourth-order valence-corrected chi connectivity index (χ4v) is 2.01. The SMILES string of the molecule is CCCCCCCCCCOCCOCCOC.NCCCNN. The maximum atomic E-state index is 5.49. The molecule has 6 heteroatoms. The third-order valence-corrected chi connectivity index (χ3v) is 3.47. The zero-order valence-electron chi connectivity index (χ0n) is 16.2. The number of hydrogen-bond acceptors (Lipinski definition) is 6. The van der Waals surface area contributed by atoms with Crippen LogP contribution < -0.4 is 17.0 Å². The number of unbranched alkanes of at least 4 members (excludes halogenated alkanes) is 7. The van der Waals surface area contributed by atoms with Gasteiger partial charge < -0.3 is 19.9 Å². The van der Waals surface area contributed by atoms with Gasteiger partial charge in [-0.25, -0.2) is 0 Å². The maximum Gasteiger partial charge on any atom is 0.0701 e. The molecule has 0 aromatic carbocycles. The van der Waals surface area contributed by atoms with Crippen molar-refractivity contribution >= 4 is 0 Å². The van der Waals surface area contributed by atoms with Crippen LogP contribution in [-0.2, 0) is 14.2 Å². The van der Waals surface area contributed by atoms with Gasteiger partial charge in [-0.3, -0.25) is 11.3 Å². The molecule has 0 amide bonds. The van der Waals surface area contributed by atoms with Gasteiger partial charge in [0.05, 0.1) is 26.4 Å². The van der Waals surface area contributed by atoms with E-state index in [1.165, 1.54) is 51.4 Å². The first-order chi connectivity index (χ1) is 11.8. The molecule has 0 unspecified atom stereocenters. The lowest BCUT2D eigenvalue weighted by Gasteiger charge is -2.05. The summed E-state index contributed by atoms with van der Waals surface area (Å²) in [6, 6.07) is 0. The lowest BCUT2D eigenvalue weighted by molar-refractivity contribution is 0.0239. The van der Waals surface area contributed by atoms with Gasteiger partial charge in [-0.1, -0.05) is 51.9 Å². The highest BCUT2D eigenvalue weighted by molar-refractivity contribution is 4.45. The van der Waals surface area contributed by atoms with Gasteiger partial charge in [-0.2, -0.15) is 0 Å². The Morgan fingerprint density at radius 3 is 1.75 bits per heavy atom. The molecule has 0 aliphatic carbocycles. The quantitative estimate of drug-likeness (QED) is 0.200. The molecule has 0 rings (SSSR count). The average molecular weight is 350 g/mol. The van der Waals surface area contributed by atoms with Gasteiger partial charge in [-0.05, 0) is 19.4 Å². The van der Waals surface area contributed by atoms with Crippen LogP contribution in [0.1, 0.15) is 64.7 Å². The highest BCUT2D eigenvalue weighted by Crippen LogP contribution is 2.08. The van der Waals surface area contributed by atoms with Crippen LogP contribution in [-0.4, -0.2) is 53.2 Å². The smallest absolute Gasteiger partial charge is 0.0701 e. The minimum atomic E-state index is 0.664. The molecule has 24 heavy (non-hydrogen) atoms. The summed E-state index contributed by atoms with van der Waals surface area (Å²) in [6.07, 6.45) is 11.7. The van der Waals surface area contributed by atoms with E-state index in [4.69, 9.17) is 25.8 Å². The predicted octanol–water partition coefficient (Wildman–Crippen LogP) is 2.61. The van der Waals surface area contributed by atoms with E-state index < -0.39 is 0 Å². The van der Waals surface area contributed by atoms with Crippen molar-refractivity contribution in [1.82, 2.24) is 5.43 Å². The maximum absolute atomic E-state index is 5.49. The van der Waals surface area contributed by atoms with Gasteiger partial charge in [0.25, 0.3) is 0 Å². The van der Waals surface area contributed by atoms with E-state index in [2.05, 4.69) is 12.3 Å². The second-order valence-corrected chi connectivity index (χ2v) is 5.79. The minimum absolute atomic E-state index is 0.664. The highest BCUT2D eigenvalue weighted by atomic mass is 16.5. The first kappa shape index (κ1) is 26.0. The first-order valence-electron chi connectivity index (χ1n) is 9.61. The molecule has 0 fully saturated rings. The number of hydrazine groups is 1. The molecule has 0 saturated carbocycles. The predicted molar refractivity (Wildman–Crippen MR) is 102 cm³/mol. The van der Waals surface area contributed by atoms with Crippen molar-refractivity contribution in [2.24, 2.45) is 11.6 Å². The molecule has 0 aromatic rings. The largest absolute Gasteiger partial charge is 0.382 e. The van der Waals surface area contributed by atoms with Gasteiger partial charge in [0.15, 0.2) is 0 Å². The van der Waals surface area contributed by atoms with Crippen LogP contribution in [0.4, 0.5) is 0 Å². The molecular formula is C18H43N3O3. The Balaban J connectivity index is 0. The van der Waals surface area contributed by atoms with Crippen molar-refractivity contribution in [2.75, 3.05) is 53.2 Å². The number of hydrogen-bond donors (Lipinski definition) is 3. The van der Waals surface area contributed by atoms with E-state index in [0.29, 0.717) is 33.0 Å². The molecule has 5 N–H and O–H groups in total. The fraction of sp³-hybridized carbons (Fsp3) is 1.00. The van der Waals surface area contributed by atoms with E-state index in [1.807, 2.05) is 0 Å². The normalized spacial score (nSPS) is 10.5. The van der Waals surface area contributed by atoms with Crippen LogP contribution in [0, 0.1) is 0 Å². The molecule has 0 radical (unpaired) electrons. The summed E-state index contributed by atoms with van der Waals surface area (Å²) in [6.45, 7) is 7.38. The van der Waals surface area contributed by atoms with Crippen LogP contribution in [0.15, 0.2) is 0 Å². The number of methoxy groups -OCH3 is 1. The van der Waals surface area contributed by atoms with Crippen molar-refractivity contribution in [3.8, 4) is 0 Å². The Morgan fingerprint density at radius 1 is 0.708 bits per heavy atom. The van der Waals surface area contributed by atoms with Crippen LogP contribution >= 0.6 is 0 Å². The lowest BCUT2D eigenvalue weighted by atomic mass is 10.1. The number of rotatable bonds is 18. The molecule has 0 aliphatic heterocycles. The second kappa shape index (κ2) is 27.6. The Hall–Kier alpha value is -0.240. The van der Waals surface area contributed by atoms with Crippen molar-refractivity contribution in [2.45, 2.75) is 64.7 Å². The summed E-state index contributed by atoms with van der Waals surface area (Å²) in [5.41, 5.74) is 7.61. The number of nitrogens with two attached hydrogens (primary N) is 2. The topological polar surface area (TPSA) is 91.8 Å².